The first-order chi connectivity index (χ1) is 8.95. The summed E-state index contributed by atoms with van der Waals surface area (Å²) in [5.41, 5.74) is 0.782. The normalized spacial score (nSPS) is 10.6. The molecule has 0 amide bonds. The Morgan fingerprint density at radius 3 is 2.21 bits per heavy atom. The lowest BCUT2D eigenvalue weighted by Gasteiger charge is -2.10. The van der Waals surface area contributed by atoms with Crippen LogP contribution in [0.25, 0.3) is 0 Å². The van der Waals surface area contributed by atoms with Crippen molar-refractivity contribution in [2.75, 3.05) is 5.32 Å². The molecule has 0 saturated heterocycles. The van der Waals surface area contributed by atoms with Gasteiger partial charge < -0.3 is 5.32 Å². The minimum absolute atomic E-state index is 0.141. The highest BCUT2D eigenvalue weighted by Crippen LogP contribution is 2.27. The molecule has 0 aliphatic heterocycles. The Morgan fingerprint density at radius 2 is 1.58 bits per heavy atom. The summed E-state index contributed by atoms with van der Waals surface area (Å²) in [6.45, 7) is 0.220. The van der Waals surface area contributed by atoms with E-state index >= 15 is 0 Å². The molecule has 0 bridgehead atoms. The fourth-order valence-electron chi connectivity index (χ4n) is 1.61. The molecular weight excluding hydrogens is 387 g/mol. The van der Waals surface area contributed by atoms with Crippen molar-refractivity contribution in [3.05, 3.63) is 62.3 Å². The minimum Gasteiger partial charge on any atom is -0.378 e. The monoisotopic (exact) mass is 393 g/mol. The summed E-state index contributed by atoms with van der Waals surface area (Å²) in [7, 11) is 0. The van der Waals surface area contributed by atoms with Crippen LogP contribution in [0.4, 0.5) is 18.9 Å². The molecule has 0 aliphatic carbocycles. The summed E-state index contributed by atoms with van der Waals surface area (Å²) in [4.78, 5) is 0. The zero-order valence-electron chi connectivity index (χ0n) is 9.48. The maximum absolute atomic E-state index is 13.6. The van der Waals surface area contributed by atoms with E-state index in [-0.39, 0.29) is 22.5 Å². The highest BCUT2D eigenvalue weighted by molar-refractivity contribution is 9.10. The lowest BCUT2D eigenvalue weighted by Crippen LogP contribution is -2.03. The van der Waals surface area contributed by atoms with Gasteiger partial charge in [-0.15, -0.1) is 0 Å². The van der Waals surface area contributed by atoms with Gasteiger partial charge in [0, 0.05) is 21.6 Å². The maximum atomic E-state index is 13.6. The third-order valence-corrected chi connectivity index (χ3v) is 3.48. The number of benzene rings is 2. The van der Waals surface area contributed by atoms with Gasteiger partial charge >= 0.3 is 0 Å². The second-order valence-electron chi connectivity index (χ2n) is 3.88. The Bertz CT molecular complexity index is 574. The van der Waals surface area contributed by atoms with Crippen LogP contribution in [0.15, 0.2) is 39.3 Å². The first kappa shape index (κ1) is 14.4. The molecule has 0 saturated carbocycles. The van der Waals surface area contributed by atoms with Crippen LogP contribution in [0.3, 0.4) is 0 Å². The van der Waals surface area contributed by atoms with E-state index in [1.165, 1.54) is 12.1 Å². The van der Waals surface area contributed by atoms with Crippen LogP contribution in [0.2, 0.25) is 0 Å². The van der Waals surface area contributed by atoms with Crippen LogP contribution in [-0.2, 0) is 6.54 Å². The molecule has 0 atom stereocenters. The quantitative estimate of drug-likeness (QED) is 0.750. The molecule has 2 aromatic carbocycles. The summed E-state index contributed by atoms with van der Waals surface area (Å²) in [6.07, 6.45) is 0. The standard InChI is InChI=1S/C13H8Br2F3N/c14-8-1-7(2-9(16)3-8)6-19-13-11(15)4-10(17)5-12(13)18/h1-5,19H,6H2. The third kappa shape index (κ3) is 3.73. The molecule has 0 fully saturated rings. The Kier molecular flexibility index (Phi) is 4.52. The van der Waals surface area contributed by atoms with Crippen molar-refractivity contribution in [2.45, 2.75) is 6.54 Å². The van der Waals surface area contributed by atoms with Gasteiger partial charge in [-0.05, 0) is 45.8 Å². The molecule has 2 rings (SSSR count). The van der Waals surface area contributed by atoms with Crippen LogP contribution < -0.4 is 5.32 Å². The summed E-state index contributed by atoms with van der Waals surface area (Å²) >= 11 is 6.25. The van der Waals surface area contributed by atoms with E-state index in [9.17, 15) is 13.2 Å². The van der Waals surface area contributed by atoms with Gasteiger partial charge in [0.2, 0.25) is 0 Å². The lowest BCUT2D eigenvalue weighted by molar-refractivity contribution is 0.583. The van der Waals surface area contributed by atoms with Gasteiger partial charge in [0.15, 0.2) is 0 Å². The van der Waals surface area contributed by atoms with Crippen LogP contribution in [0.5, 0.6) is 0 Å². The van der Waals surface area contributed by atoms with Crippen molar-refractivity contribution in [1.29, 1.82) is 0 Å². The van der Waals surface area contributed by atoms with Crippen molar-refractivity contribution in [3.63, 3.8) is 0 Å². The van der Waals surface area contributed by atoms with E-state index in [0.29, 0.717) is 10.0 Å². The first-order valence-electron chi connectivity index (χ1n) is 5.29. The predicted octanol–water partition coefficient (Wildman–Crippen LogP) is 5.24. The van der Waals surface area contributed by atoms with E-state index in [4.69, 9.17) is 0 Å². The average Bonchev–Trinajstić information content (AvgIpc) is 2.25. The maximum Gasteiger partial charge on any atom is 0.150 e. The summed E-state index contributed by atoms with van der Waals surface area (Å²) < 4.78 is 40.5. The fraction of sp³-hybridized carbons (Fsp3) is 0.0769. The van der Waals surface area contributed by atoms with E-state index < -0.39 is 11.6 Å². The van der Waals surface area contributed by atoms with Gasteiger partial charge in [-0.3, -0.25) is 0 Å². The Labute approximate surface area is 125 Å². The van der Waals surface area contributed by atoms with Gasteiger partial charge in [-0.2, -0.15) is 0 Å². The van der Waals surface area contributed by atoms with Gasteiger partial charge in [0.1, 0.15) is 17.5 Å². The summed E-state index contributed by atoms with van der Waals surface area (Å²) in [5, 5.41) is 2.80. The van der Waals surface area contributed by atoms with Gasteiger partial charge in [0.25, 0.3) is 0 Å². The molecule has 19 heavy (non-hydrogen) atoms. The van der Waals surface area contributed by atoms with Crippen LogP contribution >= 0.6 is 31.9 Å². The highest BCUT2D eigenvalue weighted by atomic mass is 79.9. The number of hydrogen-bond donors (Lipinski definition) is 1. The Hall–Kier alpha value is -1.01. The van der Waals surface area contributed by atoms with E-state index in [0.717, 1.165) is 12.1 Å². The molecule has 0 heterocycles. The molecular formula is C13H8Br2F3N. The molecule has 1 N–H and O–H groups in total. The average molecular weight is 395 g/mol. The number of hydrogen-bond acceptors (Lipinski definition) is 1. The van der Waals surface area contributed by atoms with E-state index in [2.05, 4.69) is 37.2 Å². The molecule has 6 heteroatoms. The zero-order valence-corrected chi connectivity index (χ0v) is 12.7. The molecule has 0 aliphatic rings. The first-order valence-corrected chi connectivity index (χ1v) is 6.87. The molecule has 1 nitrogen and oxygen atoms in total. The van der Waals surface area contributed by atoms with Crippen molar-refractivity contribution >= 4 is 37.5 Å². The predicted molar refractivity (Wildman–Crippen MR) is 75.5 cm³/mol. The number of nitrogens with one attached hydrogen (secondary N) is 1. The van der Waals surface area contributed by atoms with E-state index in [1.54, 1.807) is 6.07 Å². The van der Waals surface area contributed by atoms with Crippen molar-refractivity contribution in [3.8, 4) is 0 Å². The topological polar surface area (TPSA) is 12.0 Å². The smallest absolute Gasteiger partial charge is 0.150 e. The number of rotatable bonds is 3. The Morgan fingerprint density at radius 1 is 0.895 bits per heavy atom. The summed E-state index contributed by atoms with van der Waals surface area (Å²) in [5.74, 6) is -1.75. The second kappa shape index (κ2) is 5.96. The van der Waals surface area contributed by atoms with Gasteiger partial charge in [-0.1, -0.05) is 15.9 Å². The molecule has 0 aromatic heterocycles. The van der Waals surface area contributed by atoms with Crippen LogP contribution in [0, 0.1) is 17.5 Å². The van der Waals surface area contributed by atoms with Crippen molar-refractivity contribution in [2.24, 2.45) is 0 Å². The number of halogens is 5. The molecule has 100 valence electrons. The van der Waals surface area contributed by atoms with E-state index in [1.807, 2.05) is 0 Å². The Balaban J connectivity index is 2.19. The lowest BCUT2D eigenvalue weighted by atomic mass is 10.2. The minimum atomic E-state index is -0.706. The highest BCUT2D eigenvalue weighted by Gasteiger charge is 2.09. The second-order valence-corrected chi connectivity index (χ2v) is 5.65. The fourth-order valence-corrected chi connectivity index (χ4v) is 2.68. The zero-order chi connectivity index (χ0) is 14.0. The molecule has 0 radical (unpaired) electrons. The van der Waals surface area contributed by atoms with Gasteiger partial charge in [0.05, 0.1) is 5.69 Å². The summed E-state index contributed by atoms with van der Waals surface area (Å²) in [6, 6.07) is 6.33. The third-order valence-electron chi connectivity index (χ3n) is 2.40. The van der Waals surface area contributed by atoms with Crippen LogP contribution in [-0.4, -0.2) is 0 Å². The van der Waals surface area contributed by atoms with Crippen molar-refractivity contribution in [1.82, 2.24) is 0 Å². The number of anilines is 1. The molecule has 2 aromatic rings. The van der Waals surface area contributed by atoms with Crippen LogP contribution in [0.1, 0.15) is 5.56 Å². The SMILES string of the molecule is Fc1cc(Br)cc(CNc2c(F)cc(F)cc2Br)c1. The largest absolute Gasteiger partial charge is 0.378 e. The van der Waals surface area contributed by atoms with Gasteiger partial charge in [-0.25, -0.2) is 13.2 Å². The molecule has 0 spiro atoms. The van der Waals surface area contributed by atoms with Crippen molar-refractivity contribution < 1.29 is 13.2 Å². The molecule has 0 unspecified atom stereocenters.